The van der Waals surface area contributed by atoms with E-state index in [0.29, 0.717) is 5.69 Å². The molecule has 2 rings (SSSR count). The van der Waals surface area contributed by atoms with Gasteiger partial charge in [-0.15, -0.1) is 0 Å². The van der Waals surface area contributed by atoms with Gasteiger partial charge in [0.2, 0.25) is 5.91 Å². The molecule has 3 N–H and O–H groups in total. The monoisotopic (exact) mass is 341 g/mol. The third-order valence-electron chi connectivity index (χ3n) is 3.33. The fraction of sp³-hybridized carbons (Fsp3) is 0.429. The Labute approximate surface area is 126 Å². The molecule has 6 heteroatoms. The zero-order chi connectivity index (χ0) is 14.5. The number of quaternary nitrogens is 1. The standard InChI is InChI=1S/C14H17BrN2O3/c15-10-3-5-11(6-4-10)17-13(19)9-12(14(17)20)16-7-1-2-8-18/h3-6,12,16,18H,1-2,7-9H2/p+1/t12-/m1/s1. The van der Waals surface area contributed by atoms with Crippen molar-refractivity contribution in [1.82, 2.24) is 0 Å². The molecule has 108 valence electrons. The Hall–Kier alpha value is -1.24. The molecule has 0 aromatic heterocycles. The van der Waals surface area contributed by atoms with Gasteiger partial charge in [-0.3, -0.25) is 9.59 Å². The Morgan fingerprint density at radius 2 is 1.95 bits per heavy atom. The number of hydrogen-bond donors (Lipinski definition) is 2. The molecular formula is C14H18BrN2O3+. The first-order chi connectivity index (χ1) is 9.63. The zero-order valence-corrected chi connectivity index (χ0v) is 12.7. The van der Waals surface area contributed by atoms with E-state index < -0.39 is 0 Å². The number of anilines is 1. The summed E-state index contributed by atoms with van der Waals surface area (Å²) in [6.07, 6.45) is 1.81. The van der Waals surface area contributed by atoms with Crippen LogP contribution in [-0.2, 0) is 9.59 Å². The summed E-state index contributed by atoms with van der Waals surface area (Å²) in [4.78, 5) is 25.5. The lowest BCUT2D eigenvalue weighted by molar-refractivity contribution is -0.674. The van der Waals surface area contributed by atoms with Gasteiger partial charge in [0.25, 0.3) is 5.91 Å². The molecule has 1 atom stereocenters. The number of aliphatic hydroxyl groups excluding tert-OH is 1. The Morgan fingerprint density at radius 3 is 2.60 bits per heavy atom. The molecule has 0 bridgehead atoms. The number of carbonyl (C=O) groups excluding carboxylic acids is 2. The lowest BCUT2D eigenvalue weighted by Gasteiger charge is -2.14. The third-order valence-corrected chi connectivity index (χ3v) is 3.86. The van der Waals surface area contributed by atoms with Crippen LogP contribution in [0.25, 0.3) is 0 Å². The maximum Gasteiger partial charge on any atom is 0.292 e. The Morgan fingerprint density at radius 1 is 1.25 bits per heavy atom. The van der Waals surface area contributed by atoms with Gasteiger partial charge in [0.1, 0.15) is 0 Å². The fourth-order valence-corrected chi connectivity index (χ4v) is 2.54. The van der Waals surface area contributed by atoms with Crippen molar-refractivity contribution in [2.45, 2.75) is 25.3 Å². The van der Waals surface area contributed by atoms with Crippen LogP contribution in [0.5, 0.6) is 0 Å². The number of nitrogens with two attached hydrogens (primary N) is 1. The maximum atomic E-state index is 12.3. The highest BCUT2D eigenvalue weighted by atomic mass is 79.9. The van der Waals surface area contributed by atoms with E-state index in [-0.39, 0.29) is 30.9 Å². The summed E-state index contributed by atoms with van der Waals surface area (Å²) >= 11 is 3.33. The average Bonchev–Trinajstić information content (AvgIpc) is 2.71. The molecule has 0 aliphatic carbocycles. The van der Waals surface area contributed by atoms with Crippen LogP contribution in [0.1, 0.15) is 19.3 Å². The molecule has 0 radical (unpaired) electrons. The van der Waals surface area contributed by atoms with Crippen LogP contribution in [0, 0.1) is 0 Å². The van der Waals surface area contributed by atoms with Gasteiger partial charge in [0, 0.05) is 11.1 Å². The van der Waals surface area contributed by atoms with E-state index in [0.717, 1.165) is 23.9 Å². The largest absolute Gasteiger partial charge is 0.396 e. The second-order valence-electron chi connectivity index (χ2n) is 4.81. The molecule has 1 aliphatic rings. The second kappa shape index (κ2) is 6.97. The summed E-state index contributed by atoms with van der Waals surface area (Å²) in [5, 5.41) is 10.6. The van der Waals surface area contributed by atoms with Gasteiger partial charge in [-0.2, -0.15) is 0 Å². The molecule has 0 saturated carbocycles. The summed E-state index contributed by atoms with van der Waals surface area (Å²) in [7, 11) is 0. The van der Waals surface area contributed by atoms with E-state index in [1.54, 1.807) is 12.1 Å². The van der Waals surface area contributed by atoms with Gasteiger partial charge < -0.3 is 10.4 Å². The topological polar surface area (TPSA) is 74.2 Å². The number of rotatable bonds is 6. The molecule has 1 heterocycles. The lowest BCUT2D eigenvalue weighted by atomic mass is 10.2. The molecule has 1 fully saturated rings. The highest BCUT2D eigenvalue weighted by Crippen LogP contribution is 2.23. The van der Waals surface area contributed by atoms with Crippen LogP contribution >= 0.6 is 15.9 Å². The van der Waals surface area contributed by atoms with Gasteiger partial charge in [0.15, 0.2) is 6.04 Å². The maximum absolute atomic E-state index is 12.3. The molecule has 0 unspecified atom stereocenters. The molecule has 1 aliphatic heterocycles. The molecule has 1 aromatic carbocycles. The number of carbonyl (C=O) groups is 2. The summed E-state index contributed by atoms with van der Waals surface area (Å²) < 4.78 is 0.910. The van der Waals surface area contributed by atoms with Crippen LogP contribution in [0.4, 0.5) is 5.69 Å². The minimum absolute atomic E-state index is 0.152. The van der Waals surface area contributed by atoms with E-state index in [2.05, 4.69) is 15.9 Å². The fourth-order valence-electron chi connectivity index (χ4n) is 2.28. The van der Waals surface area contributed by atoms with Gasteiger partial charge >= 0.3 is 0 Å². The number of imide groups is 1. The van der Waals surface area contributed by atoms with E-state index in [9.17, 15) is 9.59 Å². The zero-order valence-electron chi connectivity index (χ0n) is 11.1. The first-order valence-electron chi connectivity index (χ1n) is 6.70. The minimum Gasteiger partial charge on any atom is -0.396 e. The van der Waals surface area contributed by atoms with Crippen molar-refractivity contribution >= 4 is 33.4 Å². The van der Waals surface area contributed by atoms with Crippen LogP contribution in [0.3, 0.4) is 0 Å². The average molecular weight is 342 g/mol. The number of nitrogens with zero attached hydrogens (tertiary/aromatic N) is 1. The molecular weight excluding hydrogens is 324 g/mol. The van der Waals surface area contributed by atoms with Crippen molar-refractivity contribution in [1.29, 1.82) is 0 Å². The van der Waals surface area contributed by atoms with Crippen LogP contribution < -0.4 is 10.2 Å². The first-order valence-corrected chi connectivity index (χ1v) is 7.49. The smallest absolute Gasteiger partial charge is 0.292 e. The summed E-state index contributed by atoms with van der Waals surface area (Å²) in [5.74, 6) is -0.304. The summed E-state index contributed by atoms with van der Waals surface area (Å²) in [6, 6.07) is 6.81. The molecule has 5 nitrogen and oxygen atoms in total. The lowest BCUT2D eigenvalue weighted by Crippen LogP contribution is -2.91. The highest BCUT2D eigenvalue weighted by molar-refractivity contribution is 9.10. The van der Waals surface area contributed by atoms with Crippen molar-refractivity contribution in [3.05, 3.63) is 28.7 Å². The number of aliphatic hydroxyl groups is 1. The van der Waals surface area contributed by atoms with Crippen molar-refractivity contribution in [2.24, 2.45) is 0 Å². The number of unbranched alkanes of at least 4 members (excludes halogenated alkanes) is 1. The predicted octanol–water partition coefficient (Wildman–Crippen LogP) is 0.417. The number of amides is 2. The van der Waals surface area contributed by atoms with Gasteiger partial charge in [-0.05, 0) is 37.1 Å². The molecule has 0 spiro atoms. The number of hydrogen-bond acceptors (Lipinski definition) is 3. The van der Waals surface area contributed by atoms with Crippen molar-refractivity contribution in [3.8, 4) is 0 Å². The quantitative estimate of drug-likeness (QED) is 0.581. The predicted molar refractivity (Wildman–Crippen MR) is 78.2 cm³/mol. The van der Waals surface area contributed by atoms with E-state index >= 15 is 0 Å². The second-order valence-corrected chi connectivity index (χ2v) is 5.73. The highest BCUT2D eigenvalue weighted by Gasteiger charge is 2.41. The molecule has 1 aromatic rings. The molecule has 2 amide bonds. The SMILES string of the molecule is O=C1C[C@@H]([NH2+]CCCCO)C(=O)N1c1ccc(Br)cc1. The van der Waals surface area contributed by atoms with Gasteiger partial charge in [0.05, 0.1) is 18.7 Å². The Bertz CT molecular complexity index is 490. The van der Waals surface area contributed by atoms with E-state index in [1.807, 2.05) is 17.4 Å². The molecule has 1 saturated heterocycles. The van der Waals surface area contributed by atoms with Crippen LogP contribution in [-0.4, -0.2) is 36.1 Å². The normalized spacial score (nSPS) is 18.9. The van der Waals surface area contributed by atoms with E-state index in [1.165, 1.54) is 4.90 Å². The van der Waals surface area contributed by atoms with E-state index in [4.69, 9.17) is 5.11 Å². The van der Waals surface area contributed by atoms with Gasteiger partial charge in [-0.25, -0.2) is 4.90 Å². The third kappa shape index (κ3) is 3.45. The van der Waals surface area contributed by atoms with Crippen molar-refractivity contribution in [3.63, 3.8) is 0 Å². The summed E-state index contributed by atoms with van der Waals surface area (Å²) in [6.45, 7) is 0.912. The molecule has 20 heavy (non-hydrogen) atoms. The Balaban J connectivity index is 2.00. The van der Waals surface area contributed by atoms with Crippen molar-refractivity contribution in [2.75, 3.05) is 18.1 Å². The minimum atomic E-state index is -0.329. The van der Waals surface area contributed by atoms with Crippen LogP contribution in [0.2, 0.25) is 0 Å². The van der Waals surface area contributed by atoms with Gasteiger partial charge in [-0.1, -0.05) is 15.9 Å². The number of halogens is 1. The van der Waals surface area contributed by atoms with Crippen LogP contribution in [0.15, 0.2) is 28.7 Å². The Kier molecular flexibility index (Phi) is 5.28. The summed E-state index contributed by atoms with van der Waals surface area (Å²) in [5.41, 5.74) is 0.620. The van der Waals surface area contributed by atoms with Crippen molar-refractivity contribution < 1.29 is 20.0 Å². The number of benzene rings is 1. The first kappa shape index (κ1) is 15.2.